The van der Waals surface area contributed by atoms with Crippen LogP contribution in [0.2, 0.25) is 0 Å². The number of pyridine rings is 1. The molecule has 0 bridgehead atoms. The Hall–Kier alpha value is -1.65. The van der Waals surface area contributed by atoms with Crippen molar-refractivity contribution in [1.29, 1.82) is 5.26 Å². The summed E-state index contributed by atoms with van der Waals surface area (Å²) in [6, 6.07) is 5.37. The molecular formula is C14H22N4O2S. The van der Waals surface area contributed by atoms with Gasteiger partial charge in [0.05, 0.1) is 11.3 Å². The van der Waals surface area contributed by atoms with Crippen LogP contribution in [0.25, 0.3) is 0 Å². The lowest BCUT2D eigenvalue weighted by Gasteiger charge is -2.12. The Balaban J connectivity index is 2.38. The smallest absolute Gasteiger partial charge is 0.211 e. The first kappa shape index (κ1) is 17.4. The van der Waals surface area contributed by atoms with Gasteiger partial charge in [0.2, 0.25) is 10.0 Å². The molecule has 21 heavy (non-hydrogen) atoms. The van der Waals surface area contributed by atoms with E-state index in [0.717, 1.165) is 12.8 Å². The van der Waals surface area contributed by atoms with E-state index in [1.165, 1.54) is 0 Å². The zero-order chi connectivity index (χ0) is 15.7. The highest BCUT2D eigenvalue weighted by molar-refractivity contribution is 7.89. The summed E-state index contributed by atoms with van der Waals surface area (Å²) < 4.78 is 26.2. The minimum atomic E-state index is -3.25. The third kappa shape index (κ3) is 6.56. The fourth-order valence-corrected chi connectivity index (χ4v) is 3.48. The third-order valence-electron chi connectivity index (χ3n) is 2.95. The molecule has 1 heterocycles. The predicted molar refractivity (Wildman–Crippen MR) is 83.3 cm³/mol. The van der Waals surface area contributed by atoms with E-state index in [4.69, 9.17) is 5.26 Å². The van der Waals surface area contributed by atoms with Gasteiger partial charge in [-0.3, -0.25) is 0 Å². The summed E-state index contributed by atoms with van der Waals surface area (Å²) in [6.07, 6.45) is 3.47. The molecule has 0 aliphatic heterocycles. The van der Waals surface area contributed by atoms with E-state index in [1.54, 1.807) is 18.3 Å². The van der Waals surface area contributed by atoms with E-state index in [2.05, 4.69) is 15.0 Å². The van der Waals surface area contributed by atoms with Crippen molar-refractivity contribution in [2.24, 2.45) is 5.92 Å². The fraction of sp³-hybridized carbons (Fsp3) is 0.571. The molecule has 0 aromatic carbocycles. The zero-order valence-corrected chi connectivity index (χ0v) is 13.3. The van der Waals surface area contributed by atoms with E-state index < -0.39 is 10.0 Å². The van der Waals surface area contributed by atoms with Gasteiger partial charge < -0.3 is 5.32 Å². The number of anilines is 1. The van der Waals surface area contributed by atoms with E-state index in [9.17, 15) is 8.42 Å². The Kier molecular flexibility index (Phi) is 7.12. The van der Waals surface area contributed by atoms with Gasteiger partial charge in [0.25, 0.3) is 0 Å². The van der Waals surface area contributed by atoms with Crippen LogP contribution in [0.3, 0.4) is 0 Å². The summed E-state index contributed by atoms with van der Waals surface area (Å²) in [6.45, 7) is 4.63. The first-order valence-corrected chi connectivity index (χ1v) is 8.70. The van der Waals surface area contributed by atoms with E-state index in [0.29, 0.717) is 17.9 Å². The van der Waals surface area contributed by atoms with Crippen LogP contribution in [0.15, 0.2) is 18.3 Å². The summed E-state index contributed by atoms with van der Waals surface area (Å²) in [5.41, 5.74) is 0.442. The molecule has 1 unspecified atom stereocenters. The lowest BCUT2D eigenvalue weighted by molar-refractivity contribution is 0.537. The number of nitrogens with one attached hydrogen (secondary N) is 2. The largest absolute Gasteiger partial charge is 0.368 e. The molecule has 0 fully saturated rings. The van der Waals surface area contributed by atoms with Gasteiger partial charge in [-0.1, -0.05) is 20.3 Å². The minimum absolute atomic E-state index is 0.147. The van der Waals surface area contributed by atoms with Gasteiger partial charge in [-0.15, -0.1) is 0 Å². The van der Waals surface area contributed by atoms with Crippen LogP contribution in [0.5, 0.6) is 0 Å². The molecule has 1 aromatic heterocycles. The van der Waals surface area contributed by atoms with Crippen molar-refractivity contribution in [3.8, 4) is 6.07 Å². The second kappa shape index (κ2) is 8.60. The number of hydrogen-bond donors (Lipinski definition) is 2. The van der Waals surface area contributed by atoms with Crippen LogP contribution in [0, 0.1) is 17.2 Å². The van der Waals surface area contributed by atoms with Crippen LogP contribution >= 0.6 is 0 Å². The van der Waals surface area contributed by atoms with Gasteiger partial charge in [-0.25, -0.2) is 18.1 Å². The molecule has 0 aliphatic rings. The molecule has 6 nitrogen and oxygen atoms in total. The van der Waals surface area contributed by atoms with E-state index in [1.807, 2.05) is 19.9 Å². The molecule has 0 saturated carbocycles. The second-order valence-corrected chi connectivity index (χ2v) is 6.86. The van der Waals surface area contributed by atoms with Crippen molar-refractivity contribution in [1.82, 2.24) is 9.71 Å². The van der Waals surface area contributed by atoms with Crippen molar-refractivity contribution >= 4 is 15.8 Å². The molecule has 0 saturated heterocycles. The lowest BCUT2D eigenvalue weighted by atomic mass is 10.1. The molecule has 1 rings (SSSR count). The molecule has 1 atom stereocenters. The predicted octanol–water partition coefficient (Wildman–Crippen LogP) is 1.72. The van der Waals surface area contributed by atoms with E-state index >= 15 is 0 Å². The van der Waals surface area contributed by atoms with Crippen molar-refractivity contribution in [3.05, 3.63) is 23.9 Å². The van der Waals surface area contributed by atoms with Crippen molar-refractivity contribution in [2.75, 3.05) is 24.2 Å². The number of nitrogens with zero attached hydrogens (tertiary/aromatic N) is 2. The standard InChI is InChI=1S/C14H22N4O2S/c1-3-5-12(2)11-21(19,20)18-9-8-17-14-13(10-15)6-4-7-16-14/h4,6-7,12,18H,3,5,8-9,11H2,1-2H3,(H,16,17). The normalized spacial score (nSPS) is 12.6. The van der Waals surface area contributed by atoms with Gasteiger partial charge in [0.15, 0.2) is 0 Å². The average Bonchev–Trinajstić information content (AvgIpc) is 2.43. The number of nitriles is 1. The van der Waals surface area contributed by atoms with Crippen LogP contribution in [0.4, 0.5) is 5.82 Å². The second-order valence-electron chi connectivity index (χ2n) is 5.01. The SMILES string of the molecule is CCCC(C)CS(=O)(=O)NCCNc1ncccc1C#N. The minimum Gasteiger partial charge on any atom is -0.368 e. The molecule has 0 amide bonds. The average molecular weight is 310 g/mol. The van der Waals surface area contributed by atoms with Gasteiger partial charge >= 0.3 is 0 Å². The summed E-state index contributed by atoms with van der Waals surface area (Å²) >= 11 is 0. The first-order chi connectivity index (χ1) is 9.98. The maximum Gasteiger partial charge on any atom is 0.211 e. The molecule has 2 N–H and O–H groups in total. The fourth-order valence-electron chi connectivity index (χ4n) is 2.03. The summed E-state index contributed by atoms with van der Waals surface area (Å²) in [5.74, 6) is 0.772. The Morgan fingerprint density at radius 2 is 2.19 bits per heavy atom. The van der Waals surface area contributed by atoms with Crippen LogP contribution in [-0.4, -0.2) is 32.2 Å². The number of sulfonamides is 1. The molecule has 0 aliphatic carbocycles. The van der Waals surface area contributed by atoms with Crippen molar-refractivity contribution in [2.45, 2.75) is 26.7 Å². The maximum absolute atomic E-state index is 11.8. The maximum atomic E-state index is 11.8. The number of rotatable bonds is 9. The molecule has 0 spiro atoms. The van der Waals surface area contributed by atoms with Gasteiger partial charge in [0, 0.05) is 19.3 Å². The highest BCUT2D eigenvalue weighted by atomic mass is 32.2. The summed E-state index contributed by atoms with van der Waals surface area (Å²) in [7, 11) is -3.25. The van der Waals surface area contributed by atoms with Gasteiger partial charge in [-0.05, 0) is 24.5 Å². The highest BCUT2D eigenvalue weighted by Gasteiger charge is 2.14. The van der Waals surface area contributed by atoms with Gasteiger partial charge in [-0.2, -0.15) is 5.26 Å². The Morgan fingerprint density at radius 3 is 2.86 bits per heavy atom. The molecule has 0 radical (unpaired) electrons. The first-order valence-electron chi connectivity index (χ1n) is 7.04. The van der Waals surface area contributed by atoms with E-state index in [-0.39, 0.29) is 18.2 Å². The zero-order valence-electron chi connectivity index (χ0n) is 12.5. The Bertz CT molecular complexity index is 581. The molecule has 116 valence electrons. The van der Waals surface area contributed by atoms with Crippen molar-refractivity contribution in [3.63, 3.8) is 0 Å². The van der Waals surface area contributed by atoms with Crippen molar-refractivity contribution < 1.29 is 8.42 Å². The molecule has 7 heteroatoms. The molecular weight excluding hydrogens is 288 g/mol. The summed E-state index contributed by atoms with van der Waals surface area (Å²) in [5, 5.41) is 11.9. The van der Waals surface area contributed by atoms with Gasteiger partial charge in [0.1, 0.15) is 11.9 Å². The number of aromatic nitrogens is 1. The number of hydrogen-bond acceptors (Lipinski definition) is 5. The summed E-state index contributed by atoms with van der Waals surface area (Å²) in [4.78, 5) is 4.05. The lowest BCUT2D eigenvalue weighted by Crippen LogP contribution is -2.33. The Morgan fingerprint density at radius 1 is 1.43 bits per heavy atom. The monoisotopic (exact) mass is 310 g/mol. The van der Waals surface area contributed by atoms with Crippen LogP contribution in [0.1, 0.15) is 32.3 Å². The topological polar surface area (TPSA) is 94.9 Å². The highest BCUT2D eigenvalue weighted by Crippen LogP contribution is 2.09. The Labute approximate surface area is 126 Å². The van der Waals surface area contributed by atoms with Crippen LogP contribution in [-0.2, 0) is 10.0 Å². The quantitative estimate of drug-likeness (QED) is 0.677. The third-order valence-corrected chi connectivity index (χ3v) is 4.60. The molecule has 1 aromatic rings. The van der Waals surface area contributed by atoms with Crippen LogP contribution < -0.4 is 10.0 Å².